The highest BCUT2D eigenvalue weighted by Crippen LogP contribution is 2.35. The van der Waals surface area contributed by atoms with E-state index in [0.717, 1.165) is 33.9 Å². The van der Waals surface area contributed by atoms with Crippen LogP contribution in [-0.4, -0.2) is 37.3 Å². The van der Waals surface area contributed by atoms with E-state index in [-0.39, 0.29) is 5.41 Å². The van der Waals surface area contributed by atoms with Crippen LogP contribution in [0.3, 0.4) is 0 Å². The number of hydrogen-bond donors (Lipinski definition) is 0. The Labute approximate surface area is 206 Å². The van der Waals surface area contributed by atoms with Crippen LogP contribution in [0.4, 0.5) is 5.69 Å². The summed E-state index contributed by atoms with van der Waals surface area (Å²) in [5.41, 5.74) is 5.46. The molecule has 0 saturated carbocycles. The Kier molecular flexibility index (Phi) is 6.92. The first-order chi connectivity index (χ1) is 16.8. The fraction of sp³-hybridized carbons (Fsp3) is 0.241. The molecule has 0 N–H and O–H groups in total. The standard InChI is InChI=1S/C29H31N3O3/c1-29(2,3)22-13-15-25(33-4)24(17-22)30-18-21-19-32(23-10-8-7-9-11-23)31-28(21)20-12-14-26(34-5)27(16-20)35-6/h7-19H,1-6H3. The van der Waals surface area contributed by atoms with Gasteiger partial charge in [-0.05, 0) is 53.4 Å². The molecule has 1 aromatic heterocycles. The summed E-state index contributed by atoms with van der Waals surface area (Å²) in [6, 6.07) is 21.9. The van der Waals surface area contributed by atoms with Gasteiger partial charge in [-0.25, -0.2) is 4.68 Å². The van der Waals surface area contributed by atoms with Crippen LogP contribution < -0.4 is 14.2 Å². The van der Waals surface area contributed by atoms with Gasteiger partial charge in [0.05, 0.1) is 27.0 Å². The third-order valence-corrected chi connectivity index (χ3v) is 5.81. The lowest BCUT2D eigenvalue weighted by molar-refractivity contribution is 0.355. The molecule has 0 aliphatic heterocycles. The van der Waals surface area contributed by atoms with Crippen molar-refractivity contribution in [3.05, 3.63) is 84.1 Å². The van der Waals surface area contributed by atoms with Crippen LogP contribution in [0.15, 0.2) is 77.9 Å². The van der Waals surface area contributed by atoms with Crippen LogP contribution in [0.2, 0.25) is 0 Å². The van der Waals surface area contributed by atoms with Crippen molar-refractivity contribution in [1.29, 1.82) is 0 Å². The number of para-hydroxylation sites is 1. The number of aliphatic imine (C=N–C) groups is 1. The van der Waals surface area contributed by atoms with Crippen molar-refractivity contribution in [2.75, 3.05) is 21.3 Å². The second-order valence-electron chi connectivity index (χ2n) is 9.18. The van der Waals surface area contributed by atoms with Crippen LogP contribution in [-0.2, 0) is 5.41 Å². The third-order valence-electron chi connectivity index (χ3n) is 5.81. The average Bonchev–Trinajstić information content (AvgIpc) is 3.31. The molecule has 0 aliphatic rings. The first-order valence-electron chi connectivity index (χ1n) is 11.4. The molecule has 6 heteroatoms. The van der Waals surface area contributed by atoms with Crippen molar-refractivity contribution >= 4 is 11.9 Å². The minimum absolute atomic E-state index is 0.000453. The van der Waals surface area contributed by atoms with Crippen LogP contribution in [0.1, 0.15) is 31.9 Å². The van der Waals surface area contributed by atoms with Crippen molar-refractivity contribution < 1.29 is 14.2 Å². The SMILES string of the molecule is COc1ccc(C(C)(C)C)cc1N=Cc1cn(-c2ccccc2)nc1-c1ccc(OC)c(OC)c1. The van der Waals surface area contributed by atoms with E-state index >= 15 is 0 Å². The van der Waals surface area contributed by atoms with Crippen LogP contribution in [0, 0.1) is 0 Å². The molecule has 3 aromatic carbocycles. The molecule has 0 bridgehead atoms. The summed E-state index contributed by atoms with van der Waals surface area (Å²) in [6.07, 6.45) is 3.81. The predicted molar refractivity (Wildman–Crippen MR) is 141 cm³/mol. The van der Waals surface area contributed by atoms with E-state index in [1.54, 1.807) is 21.3 Å². The van der Waals surface area contributed by atoms with E-state index in [1.807, 2.05) is 71.7 Å². The number of nitrogens with zero attached hydrogens (tertiary/aromatic N) is 3. The van der Waals surface area contributed by atoms with Gasteiger partial charge in [-0.1, -0.05) is 45.0 Å². The Balaban J connectivity index is 1.83. The largest absolute Gasteiger partial charge is 0.494 e. The summed E-state index contributed by atoms with van der Waals surface area (Å²) >= 11 is 0. The lowest BCUT2D eigenvalue weighted by Gasteiger charge is -2.20. The van der Waals surface area contributed by atoms with Crippen molar-refractivity contribution in [3.63, 3.8) is 0 Å². The molecule has 0 unspecified atom stereocenters. The van der Waals surface area contributed by atoms with Crippen molar-refractivity contribution in [3.8, 4) is 34.2 Å². The number of ether oxygens (including phenoxy) is 3. The molecule has 0 spiro atoms. The molecule has 4 rings (SSSR count). The van der Waals surface area contributed by atoms with Gasteiger partial charge in [-0.3, -0.25) is 4.99 Å². The Bertz CT molecular complexity index is 1340. The van der Waals surface area contributed by atoms with Crippen molar-refractivity contribution in [1.82, 2.24) is 9.78 Å². The van der Waals surface area contributed by atoms with Gasteiger partial charge in [0.15, 0.2) is 11.5 Å². The summed E-state index contributed by atoms with van der Waals surface area (Å²) in [5, 5.41) is 4.89. The van der Waals surface area contributed by atoms with Gasteiger partial charge in [0.25, 0.3) is 0 Å². The van der Waals surface area contributed by atoms with Crippen LogP contribution in [0.25, 0.3) is 16.9 Å². The fourth-order valence-corrected chi connectivity index (χ4v) is 3.80. The molecular formula is C29H31N3O3. The lowest BCUT2D eigenvalue weighted by Crippen LogP contribution is -2.10. The molecular weight excluding hydrogens is 438 g/mol. The zero-order chi connectivity index (χ0) is 25.0. The molecule has 0 radical (unpaired) electrons. The van der Waals surface area contributed by atoms with E-state index in [9.17, 15) is 0 Å². The van der Waals surface area contributed by atoms with E-state index in [1.165, 1.54) is 5.56 Å². The molecule has 35 heavy (non-hydrogen) atoms. The molecule has 1 heterocycles. The highest BCUT2D eigenvalue weighted by atomic mass is 16.5. The van der Waals surface area contributed by atoms with Gasteiger partial charge in [0.1, 0.15) is 17.1 Å². The van der Waals surface area contributed by atoms with Gasteiger partial charge in [0, 0.05) is 23.5 Å². The molecule has 180 valence electrons. The predicted octanol–water partition coefficient (Wildman–Crippen LogP) is 6.61. The maximum absolute atomic E-state index is 5.58. The third kappa shape index (κ3) is 5.22. The number of hydrogen-bond acceptors (Lipinski definition) is 5. The minimum Gasteiger partial charge on any atom is -0.494 e. The molecule has 0 atom stereocenters. The molecule has 0 aliphatic carbocycles. The van der Waals surface area contributed by atoms with Gasteiger partial charge in [0.2, 0.25) is 0 Å². The van der Waals surface area contributed by atoms with Crippen molar-refractivity contribution in [2.24, 2.45) is 4.99 Å². The summed E-state index contributed by atoms with van der Waals surface area (Å²) in [4.78, 5) is 4.83. The Hall–Kier alpha value is -4.06. The number of rotatable bonds is 7. The summed E-state index contributed by atoms with van der Waals surface area (Å²) in [7, 11) is 4.91. The molecule has 4 aromatic rings. The smallest absolute Gasteiger partial charge is 0.161 e. The lowest BCUT2D eigenvalue weighted by atomic mass is 9.87. The van der Waals surface area contributed by atoms with E-state index < -0.39 is 0 Å². The normalized spacial score (nSPS) is 11.6. The molecule has 0 fully saturated rings. The first-order valence-corrected chi connectivity index (χ1v) is 11.4. The molecule has 6 nitrogen and oxygen atoms in total. The van der Waals surface area contributed by atoms with Gasteiger partial charge in [-0.2, -0.15) is 5.10 Å². The average molecular weight is 470 g/mol. The van der Waals surface area contributed by atoms with Gasteiger partial charge >= 0.3 is 0 Å². The first kappa shape index (κ1) is 24.1. The van der Waals surface area contributed by atoms with Gasteiger partial charge in [-0.15, -0.1) is 0 Å². The monoisotopic (exact) mass is 469 g/mol. The number of methoxy groups -OCH3 is 3. The Morgan fingerprint density at radius 1 is 0.800 bits per heavy atom. The zero-order valence-corrected chi connectivity index (χ0v) is 21.1. The Morgan fingerprint density at radius 3 is 2.14 bits per heavy atom. The van der Waals surface area contributed by atoms with Crippen molar-refractivity contribution in [2.45, 2.75) is 26.2 Å². The van der Waals surface area contributed by atoms with E-state index in [0.29, 0.717) is 11.5 Å². The second-order valence-corrected chi connectivity index (χ2v) is 9.18. The minimum atomic E-state index is -0.000453. The topological polar surface area (TPSA) is 57.9 Å². The van der Waals surface area contributed by atoms with E-state index in [4.69, 9.17) is 24.3 Å². The number of aromatic nitrogens is 2. The van der Waals surface area contributed by atoms with Crippen LogP contribution in [0.5, 0.6) is 17.2 Å². The molecule has 0 amide bonds. The second kappa shape index (κ2) is 10.1. The molecule has 0 saturated heterocycles. The zero-order valence-electron chi connectivity index (χ0n) is 21.1. The van der Waals surface area contributed by atoms with Gasteiger partial charge < -0.3 is 14.2 Å². The Morgan fingerprint density at radius 2 is 1.49 bits per heavy atom. The maximum atomic E-state index is 5.58. The highest BCUT2D eigenvalue weighted by molar-refractivity contribution is 5.91. The van der Waals surface area contributed by atoms with E-state index in [2.05, 4.69) is 32.9 Å². The quantitative estimate of drug-likeness (QED) is 0.286. The summed E-state index contributed by atoms with van der Waals surface area (Å²) < 4.78 is 18.4. The highest BCUT2D eigenvalue weighted by Gasteiger charge is 2.17. The fourth-order valence-electron chi connectivity index (χ4n) is 3.80. The summed E-state index contributed by atoms with van der Waals surface area (Å²) in [6.45, 7) is 6.55. The van der Waals surface area contributed by atoms with Crippen LogP contribution >= 0.6 is 0 Å². The summed E-state index contributed by atoms with van der Waals surface area (Å²) in [5.74, 6) is 2.02. The maximum Gasteiger partial charge on any atom is 0.161 e. The number of benzene rings is 3.